The van der Waals surface area contributed by atoms with E-state index in [0.717, 1.165) is 11.3 Å². The summed E-state index contributed by atoms with van der Waals surface area (Å²) in [6, 6.07) is 5.41. The second kappa shape index (κ2) is 4.93. The minimum absolute atomic E-state index is 0.253. The molecule has 0 aliphatic heterocycles. The molecular formula is C14H14N4O3. The highest BCUT2D eigenvalue weighted by Crippen LogP contribution is 2.31. The van der Waals surface area contributed by atoms with Crippen LogP contribution in [-0.2, 0) is 4.74 Å². The van der Waals surface area contributed by atoms with E-state index in [1.54, 1.807) is 13.0 Å². The van der Waals surface area contributed by atoms with Crippen molar-refractivity contribution in [2.45, 2.75) is 13.8 Å². The van der Waals surface area contributed by atoms with Gasteiger partial charge in [0.1, 0.15) is 0 Å². The van der Waals surface area contributed by atoms with Crippen LogP contribution in [-0.4, -0.2) is 27.9 Å². The highest BCUT2D eigenvalue weighted by molar-refractivity contribution is 5.98. The molecule has 0 radical (unpaired) electrons. The Kier molecular flexibility index (Phi) is 3.09. The quantitative estimate of drug-likeness (QED) is 0.715. The molecule has 2 heterocycles. The highest BCUT2D eigenvalue weighted by Gasteiger charge is 2.21. The van der Waals surface area contributed by atoms with E-state index in [1.807, 2.05) is 19.1 Å². The van der Waals surface area contributed by atoms with Crippen LogP contribution in [0.2, 0.25) is 0 Å². The Bertz CT molecular complexity index is 819. The number of nitrogen functional groups attached to an aromatic ring is 1. The van der Waals surface area contributed by atoms with Crippen LogP contribution in [0.3, 0.4) is 0 Å². The maximum Gasteiger partial charge on any atom is 0.359 e. The van der Waals surface area contributed by atoms with Crippen molar-refractivity contribution in [1.29, 1.82) is 0 Å². The number of carbonyl (C=O) groups is 1. The number of nitrogens with two attached hydrogens (primary N) is 1. The van der Waals surface area contributed by atoms with Gasteiger partial charge in [0, 0.05) is 11.3 Å². The lowest BCUT2D eigenvalue weighted by molar-refractivity contribution is 0.0520. The first-order chi connectivity index (χ1) is 10.1. The molecule has 0 unspecified atom stereocenters. The number of aromatic amines is 1. The number of rotatable bonds is 3. The minimum atomic E-state index is -0.463. The van der Waals surface area contributed by atoms with E-state index in [0.29, 0.717) is 29.0 Å². The fraction of sp³-hybridized carbons (Fsp3) is 0.214. The zero-order valence-corrected chi connectivity index (χ0v) is 11.6. The Labute approximate surface area is 120 Å². The summed E-state index contributed by atoms with van der Waals surface area (Å²) >= 11 is 0. The minimum Gasteiger partial charge on any atom is -0.461 e. The van der Waals surface area contributed by atoms with Crippen LogP contribution in [0.5, 0.6) is 0 Å². The number of hydrogen-bond donors (Lipinski definition) is 2. The Morgan fingerprint density at radius 1 is 1.48 bits per heavy atom. The van der Waals surface area contributed by atoms with Gasteiger partial charge >= 0.3 is 5.97 Å². The number of nitrogens with zero attached hydrogens (tertiary/aromatic N) is 2. The number of ether oxygens (including phenoxy) is 1. The molecule has 7 heteroatoms. The van der Waals surface area contributed by atoms with Crippen LogP contribution >= 0.6 is 0 Å². The second-order valence-electron chi connectivity index (χ2n) is 4.57. The molecule has 108 valence electrons. The van der Waals surface area contributed by atoms with Crippen molar-refractivity contribution in [2.75, 3.05) is 12.3 Å². The SMILES string of the molecule is CCOC(=O)c1n[nH]c(C)c1-c1ccc2onc(N)c2c1. The molecule has 2 aromatic heterocycles. The zero-order chi connectivity index (χ0) is 15.0. The Balaban J connectivity index is 2.15. The largest absolute Gasteiger partial charge is 0.461 e. The average Bonchev–Trinajstić information content (AvgIpc) is 3.03. The molecule has 0 bridgehead atoms. The lowest BCUT2D eigenvalue weighted by Gasteiger charge is -2.04. The van der Waals surface area contributed by atoms with Crippen LogP contribution in [0, 0.1) is 6.92 Å². The van der Waals surface area contributed by atoms with Gasteiger partial charge in [0.2, 0.25) is 0 Å². The monoisotopic (exact) mass is 286 g/mol. The summed E-state index contributed by atoms with van der Waals surface area (Å²) in [7, 11) is 0. The third kappa shape index (κ3) is 2.12. The van der Waals surface area contributed by atoms with Crippen LogP contribution in [0.15, 0.2) is 22.7 Å². The normalized spacial score (nSPS) is 11.0. The van der Waals surface area contributed by atoms with Gasteiger partial charge in [-0.25, -0.2) is 4.79 Å². The number of esters is 1. The number of fused-ring (bicyclic) bond motifs is 1. The number of benzene rings is 1. The first-order valence-corrected chi connectivity index (χ1v) is 6.49. The second-order valence-corrected chi connectivity index (χ2v) is 4.57. The van der Waals surface area contributed by atoms with Gasteiger partial charge in [0.15, 0.2) is 17.1 Å². The summed E-state index contributed by atoms with van der Waals surface area (Å²) in [5, 5.41) is 11.3. The summed E-state index contributed by atoms with van der Waals surface area (Å²) in [5.41, 5.74) is 8.87. The lowest BCUT2D eigenvalue weighted by Crippen LogP contribution is -2.06. The first kappa shape index (κ1) is 13.2. The third-order valence-corrected chi connectivity index (χ3v) is 3.20. The number of H-pyrrole nitrogens is 1. The molecule has 0 aliphatic carbocycles. The van der Waals surface area contributed by atoms with Crippen molar-refractivity contribution in [2.24, 2.45) is 0 Å². The molecule has 3 rings (SSSR count). The molecule has 3 N–H and O–H groups in total. The highest BCUT2D eigenvalue weighted by atomic mass is 16.5. The summed E-state index contributed by atoms with van der Waals surface area (Å²) in [5.74, 6) is -0.152. The van der Waals surface area contributed by atoms with Gasteiger partial charge in [-0.3, -0.25) is 5.10 Å². The third-order valence-electron chi connectivity index (χ3n) is 3.20. The Morgan fingerprint density at radius 3 is 3.05 bits per heavy atom. The van der Waals surface area contributed by atoms with E-state index in [4.69, 9.17) is 15.0 Å². The van der Waals surface area contributed by atoms with Gasteiger partial charge < -0.3 is 15.0 Å². The molecule has 0 fully saturated rings. The van der Waals surface area contributed by atoms with E-state index in [1.165, 1.54) is 0 Å². The number of anilines is 1. The van der Waals surface area contributed by atoms with Crippen molar-refractivity contribution in [3.63, 3.8) is 0 Å². The molecule has 0 atom stereocenters. The van der Waals surface area contributed by atoms with Gasteiger partial charge in [-0.05, 0) is 31.5 Å². The molecule has 7 nitrogen and oxygen atoms in total. The fourth-order valence-electron chi connectivity index (χ4n) is 2.24. The molecule has 0 spiro atoms. The predicted octanol–water partition coefficient (Wildman–Crippen LogP) is 2.29. The smallest absolute Gasteiger partial charge is 0.359 e. The van der Waals surface area contributed by atoms with Crippen LogP contribution in [0.4, 0.5) is 5.82 Å². The standard InChI is InChI=1S/C14H14N4O3/c1-3-20-14(19)12-11(7(2)16-17-12)8-4-5-10-9(6-8)13(15)18-21-10/h4-6H,3H2,1-2H3,(H2,15,18)(H,16,17). The predicted molar refractivity (Wildman–Crippen MR) is 76.7 cm³/mol. The summed E-state index contributed by atoms with van der Waals surface area (Å²) < 4.78 is 10.1. The van der Waals surface area contributed by atoms with Crippen LogP contribution in [0.25, 0.3) is 22.1 Å². The molecule has 0 amide bonds. The molecule has 0 saturated carbocycles. The van der Waals surface area contributed by atoms with E-state index < -0.39 is 5.97 Å². The van der Waals surface area contributed by atoms with Crippen molar-refractivity contribution < 1.29 is 14.1 Å². The van der Waals surface area contributed by atoms with Gasteiger partial charge in [-0.1, -0.05) is 11.2 Å². The lowest BCUT2D eigenvalue weighted by atomic mass is 10.0. The number of aryl methyl sites for hydroxylation is 1. The van der Waals surface area contributed by atoms with Crippen molar-refractivity contribution in [3.8, 4) is 11.1 Å². The van der Waals surface area contributed by atoms with Crippen LogP contribution < -0.4 is 5.73 Å². The van der Waals surface area contributed by atoms with E-state index >= 15 is 0 Å². The molecule has 0 saturated heterocycles. The fourth-order valence-corrected chi connectivity index (χ4v) is 2.24. The summed E-state index contributed by atoms with van der Waals surface area (Å²) in [6.45, 7) is 3.88. The van der Waals surface area contributed by atoms with Gasteiger partial charge in [-0.2, -0.15) is 5.10 Å². The molecular weight excluding hydrogens is 272 g/mol. The molecule has 3 aromatic rings. The average molecular weight is 286 g/mol. The van der Waals surface area contributed by atoms with E-state index in [-0.39, 0.29) is 5.69 Å². The molecule has 1 aromatic carbocycles. The van der Waals surface area contributed by atoms with Crippen molar-refractivity contribution in [1.82, 2.24) is 15.4 Å². The topological polar surface area (TPSA) is 107 Å². The van der Waals surface area contributed by atoms with Crippen molar-refractivity contribution >= 4 is 22.8 Å². The zero-order valence-electron chi connectivity index (χ0n) is 11.6. The Hall–Kier alpha value is -2.83. The maximum atomic E-state index is 12.0. The summed E-state index contributed by atoms with van der Waals surface area (Å²) in [6.07, 6.45) is 0. The number of hydrogen-bond acceptors (Lipinski definition) is 6. The van der Waals surface area contributed by atoms with Crippen molar-refractivity contribution in [3.05, 3.63) is 29.6 Å². The Morgan fingerprint density at radius 2 is 2.29 bits per heavy atom. The van der Waals surface area contributed by atoms with Gasteiger partial charge in [-0.15, -0.1) is 0 Å². The van der Waals surface area contributed by atoms with Gasteiger partial charge in [0.25, 0.3) is 0 Å². The number of carbonyl (C=O) groups excluding carboxylic acids is 1. The van der Waals surface area contributed by atoms with Gasteiger partial charge in [0.05, 0.1) is 12.0 Å². The number of aromatic nitrogens is 3. The van der Waals surface area contributed by atoms with Crippen LogP contribution in [0.1, 0.15) is 23.1 Å². The maximum absolute atomic E-state index is 12.0. The first-order valence-electron chi connectivity index (χ1n) is 6.49. The number of nitrogens with one attached hydrogen (secondary N) is 1. The molecule has 21 heavy (non-hydrogen) atoms. The summed E-state index contributed by atoms with van der Waals surface area (Å²) in [4.78, 5) is 12.0. The van der Waals surface area contributed by atoms with E-state index in [9.17, 15) is 4.79 Å². The molecule has 0 aliphatic rings. The van der Waals surface area contributed by atoms with E-state index in [2.05, 4.69) is 15.4 Å².